The third-order valence-electron chi connectivity index (χ3n) is 4.92. The fourth-order valence-corrected chi connectivity index (χ4v) is 3.67. The smallest absolute Gasteiger partial charge is 0.248 e. The van der Waals surface area contributed by atoms with Crippen molar-refractivity contribution in [1.29, 1.82) is 0 Å². The Morgan fingerprint density at radius 2 is 2.10 bits per heavy atom. The first-order valence-electron chi connectivity index (χ1n) is 10.1. The average Bonchev–Trinajstić information content (AvgIpc) is 3.43. The monoisotopic (exact) mass is 424 g/mol. The van der Waals surface area contributed by atoms with Crippen molar-refractivity contribution in [3.05, 3.63) is 65.5 Å². The van der Waals surface area contributed by atoms with Crippen LogP contribution in [0, 0.1) is 0 Å². The van der Waals surface area contributed by atoms with E-state index in [0.717, 1.165) is 37.6 Å². The predicted molar refractivity (Wildman–Crippen MR) is 120 cm³/mol. The van der Waals surface area contributed by atoms with E-state index in [1.807, 2.05) is 37.3 Å². The van der Waals surface area contributed by atoms with Gasteiger partial charge in [-0.1, -0.05) is 47.1 Å². The average molecular weight is 425 g/mol. The third kappa shape index (κ3) is 5.10. The molecule has 0 bridgehead atoms. The van der Waals surface area contributed by atoms with Gasteiger partial charge in [-0.15, -0.1) is 0 Å². The molecule has 30 heavy (non-hydrogen) atoms. The van der Waals surface area contributed by atoms with E-state index in [1.54, 1.807) is 0 Å². The molecule has 1 unspecified atom stereocenters. The van der Waals surface area contributed by atoms with Crippen LogP contribution in [0.3, 0.4) is 0 Å². The van der Waals surface area contributed by atoms with E-state index in [0.29, 0.717) is 29.3 Å². The summed E-state index contributed by atoms with van der Waals surface area (Å²) in [6.45, 7) is 5.09. The Morgan fingerprint density at radius 1 is 1.23 bits per heavy atom. The number of guanidine groups is 1. The second-order valence-corrected chi connectivity index (χ2v) is 7.57. The van der Waals surface area contributed by atoms with Crippen molar-refractivity contribution in [1.82, 2.24) is 20.8 Å². The van der Waals surface area contributed by atoms with Crippen LogP contribution in [0.5, 0.6) is 0 Å². The molecule has 156 valence electrons. The molecule has 8 heteroatoms. The number of rotatable bonds is 6. The number of aromatic nitrogens is 2. The molecule has 1 atom stereocenters. The molecule has 1 aliphatic heterocycles. The molecule has 1 aromatic heterocycles. The summed E-state index contributed by atoms with van der Waals surface area (Å²) in [7, 11) is 0. The Labute approximate surface area is 181 Å². The highest BCUT2D eigenvalue weighted by Crippen LogP contribution is 2.21. The molecule has 0 radical (unpaired) electrons. The van der Waals surface area contributed by atoms with Gasteiger partial charge in [-0.25, -0.2) is 4.99 Å². The molecule has 4 rings (SSSR count). The van der Waals surface area contributed by atoms with Crippen LogP contribution in [-0.4, -0.2) is 41.8 Å². The lowest BCUT2D eigenvalue weighted by molar-refractivity contribution is 0.380. The summed E-state index contributed by atoms with van der Waals surface area (Å²) < 4.78 is 5.36. The van der Waals surface area contributed by atoms with Crippen LogP contribution in [0.25, 0.3) is 11.4 Å². The number of halogens is 1. The standard InChI is InChI=1S/C22H25ClN6O/c1-2-24-22(26-18-11-12-29(15-18)19-9-4-3-5-10-19)25-14-20-27-21(28-30-20)16-7-6-8-17(23)13-16/h3-10,13,18H,2,11-12,14-15H2,1H3,(H2,24,25,26). The van der Waals surface area contributed by atoms with Crippen LogP contribution < -0.4 is 15.5 Å². The first kappa shape index (κ1) is 20.2. The number of nitrogens with zero attached hydrogens (tertiary/aromatic N) is 4. The summed E-state index contributed by atoms with van der Waals surface area (Å²) >= 11 is 6.04. The highest BCUT2D eigenvalue weighted by atomic mass is 35.5. The maximum Gasteiger partial charge on any atom is 0.248 e. The van der Waals surface area contributed by atoms with Crippen molar-refractivity contribution in [3.8, 4) is 11.4 Å². The minimum absolute atomic E-state index is 0.304. The summed E-state index contributed by atoms with van der Waals surface area (Å²) in [5.41, 5.74) is 2.07. The number of hydrogen-bond donors (Lipinski definition) is 2. The van der Waals surface area contributed by atoms with Crippen LogP contribution >= 0.6 is 11.6 Å². The van der Waals surface area contributed by atoms with Gasteiger partial charge in [-0.3, -0.25) is 0 Å². The minimum atomic E-state index is 0.304. The summed E-state index contributed by atoms with van der Waals surface area (Å²) in [5, 5.41) is 11.5. The predicted octanol–water partition coefficient (Wildman–Crippen LogP) is 3.72. The number of nitrogens with one attached hydrogen (secondary N) is 2. The van der Waals surface area contributed by atoms with Crippen LogP contribution in [0.1, 0.15) is 19.2 Å². The van der Waals surface area contributed by atoms with Gasteiger partial charge in [0.15, 0.2) is 5.96 Å². The van der Waals surface area contributed by atoms with Crippen LogP contribution in [-0.2, 0) is 6.54 Å². The van der Waals surface area contributed by atoms with Crippen molar-refractivity contribution < 1.29 is 4.52 Å². The molecule has 0 spiro atoms. The first-order chi connectivity index (χ1) is 14.7. The maximum atomic E-state index is 6.04. The van der Waals surface area contributed by atoms with Crippen LogP contribution in [0.15, 0.2) is 64.1 Å². The molecule has 1 fully saturated rings. The van der Waals surface area contributed by atoms with Gasteiger partial charge in [-0.05, 0) is 37.6 Å². The molecular formula is C22H25ClN6O. The summed E-state index contributed by atoms with van der Waals surface area (Å²) in [4.78, 5) is 11.4. The highest BCUT2D eigenvalue weighted by Gasteiger charge is 2.23. The molecule has 7 nitrogen and oxygen atoms in total. The lowest BCUT2D eigenvalue weighted by Crippen LogP contribution is -2.44. The molecule has 2 aromatic carbocycles. The number of aliphatic imine (C=N–C) groups is 1. The van der Waals surface area contributed by atoms with Crippen molar-refractivity contribution in [2.45, 2.75) is 25.9 Å². The zero-order valence-corrected chi connectivity index (χ0v) is 17.6. The zero-order valence-electron chi connectivity index (χ0n) is 16.9. The van der Waals surface area contributed by atoms with Gasteiger partial charge < -0.3 is 20.1 Å². The van der Waals surface area contributed by atoms with E-state index >= 15 is 0 Å². The summed E-state index contributed by atoms with van der Waals surface area (Å²) in [6, 6.07) is 18.2. The van der Waals surface area contributed by atoms with Crippen molar-refractivity contribution in [2.75, 3.05) is 24.5 Å². The second kappa shape index (κ2) is 9.63. The van der Waals surface area contributed by atoms with Crippen molar-refractivity contribution >= 4 is 23.2 Å². The Kier molecular flexibility index (Phi) is 6.49. The number of anilines is 1. The van der Waals surface area contributed by atoms with E-state index in [-0.39, 0.29) is 0 Å². The minimum Gasteiger partial charge on any atom is -0.369 e. The molecule has 0 aliphatic carbocycles. The molecular weight excluding hydrogens is 400 g/mol. The molecule has 2 N–H and O–H groups in total. The Hall–Kier alpha value is -3.06. The third-order valence-corrected chi connectivity index (χ3v) is 5.15. The van der Waals surface area contributed by atoms with Gasteiger partial charge in [0.25, 0.3) is 0 Å². The van der Waals surface area contributed by atoms with Gasteiger partial charge >= 0.3 is 0 Å². The van der Waals surface area contributed by atoms with Gasteiger partial charge in [0.05, 0.1) is 0 Å². The van der Waals surface area contributed by atoms with E-state index in [4.69, 9.17) is 16.1 Å². The molecule has 1 saturated heterocycles. The molecule has 2 heterocycles. The summed E-state index contributed by atoms with van der Waals surface area (Å²) in [6.07, 6.45) is 1.05. The quantitative estimate of drug-likeness (QED) is 0.463. The molecule has 1 aliphatic rings. The Balaban J connectivity index is 1.37. The number of para-hydroxylation sites is 1. The Bertz CT molecular complexity index is 990. The SMILES string of the molecule is CCNC(=NCc1nc(-c2cccc(Cl)c2)no1)NC1CCN(c2ccccc2)C1. The fraction of sp³-hybridized carbons (Fsp3) is 0.318. The van der Waals surface area contributed by atoms with Crippen LogP contribution in [0.2, 0.25) is 5.02 Å². The number of benzene rings is 2. The summed E-state index contributed by atoms with van der Waals surface area (Å²) in [5.74, 6) is 1.72. The van der Waals surface area contributed by atoms with E-state index in [2.05, 4.69) is 54.9 Å². The zero-order chi connectivity index (χ0) is 20.8. The largest absolute Gasteiger partial charge is 0.369 e. The van der Waals surface area contributed by atoms with E-state index in [9.17, 15) is 0 Å². The maximum absolute atomic E-state index is 6.04. The van der Waals surface area contributed by atoms with Gasteiger partial charge in [0.1, 0.15) is 6.54 Å². The van der Waals surface area contributed by atoms with Crippen LogP contribution in [0.4, 0.5) is 5.69 Å². The van der Waals surface area contributed by atoms with Crippen molar-refractivity contribution in [3.63, 3.8) is 0 Å². The highest BCUT2D eigenvalue weighted by molar-refractivity contribution is 6.30. The molecule has 0 saturated carbocycles. The number of hydrogen-bond acceptors (Lipinski definition) is 5. The van der Waals surface area contributed by atoms with Gasteiger partial charge in [0.2, 0.25) is 11.7 Å². The molecule has 3 aromatic rings. The first-order valence-corrected chi connectivity index (χ1v) is 10.5. The van der Waals surface area contributed by atoms with Gasteiger partial charge in [-0.2, -0.15) is 4.98 Å². The fourth-order valence-electron chi connectivity index (χ4n) is 3.48. The normalized spacial score (nSPS) is 16.7. The lowest BCUT2D eigenvalue weighted by Gasteiger charge is -2.20. The van der Waals surface area contributed by atoms with E-state index < -0.39 is 0 Å². The lowest BCUT2D eigenvalue weighted by atomic mass is 10.2. The topological polar surface area (TPSA) is 78.6 Å². The van der Waals surface area contributed by atoms with Crippen molar-refractivity contribution in [2.24, 2.45) is 4.99 Å². The second-order valence-electron chi connectivity index (χ2n) is 7.13. The Morgan fingerprint density at radius 3 is 2.90 bits per heavy atom. The molecule has 0 amide bonds. The van der Waals surface area contributed by atoms with Gasteiger partial charge in [0, 0.05) is 41.9 Å². The van der Waals surface area contributed by atoms with E-state index in [1.165, 1.54) is 5.69 Å².